The molecule has 0 bridgehead atoms. The number of ether oxygens (including phenoxy) is 1. The van der Waals surface area contributed by atoms with Gasteiger partial charge < -0.3 is 9.64 Å². The van der Waals surface area contributed by atoms with Crippen molar-refractivity contribution in [3.63, 3.8) is 0 Å². The number of benzene rings is 1. The van der Waals surface area contributed by atoms with E-state index < -0.39 is 0 Å². The Kier molecular flexibility index (Phi) is 4.10. The molecule has 132 valence electrons. The van der Waals surface area contributed by atoms with Crippen LogP contribution in [0.5, 0.6) is 0 Å². The van der Waals surface area contributed by atoms with Gasteiger partial charge in [0.1, 0.15) is 5.52 Å². The first kappa shape index (κ1) is 16.2. The third kappa shape index (κ3) is 2.60. The van der Waals surface area contributed by atoms with E-state index in [0.717, 1.165) is 5.69 Å². The van der Waals surface area contributed by atoms with Gasteiger partial charge in [0.2, 0.25) is 5.95 Å². The molecule has 0 saturated heterocycles. The van der Waals surface area contributed by atoms with Crippen LogP contribution >= 0.6 is 0 Å². The van der Waals surface area contributed by atoms with Gasteiger partial charge in [-0.3, -0.25) is 14.5 Å². The fraction of sp³-hybridized carbons (Fsp3) is 0.222. The summed E-state index contributed by atoms with van der Waals surface area (Å²) in [7, 11) is 3.54. The van der Waals surface area contributed by atoms with Gasteiger partial charge in [-0.25, -0.2) is 4.98 Å². The van der Waals surface area contributed by atoms with Crippen LogP contribution in [0.1, 0.15) is 0 Å². The van der Waals surface area contributed by atoms with Crippen LogP contribution in [0, 0.1) is 0 Å². The number of aromatic nitrogens is 5. The molecule has 0 aliphatic heterocycles. The second-order valence-corrected chi connectivity index (χ2v) is 5.95. The van der Waals surface area contributed by atoms with E-state index in [-0.39, 0.29) is 5.56 Å². The van der Waals surface area contributed by atoms with Gasteiger partial charge in [0.05, 0.1) is 23.1 Å². The molecule has 4 rings (SSSR count). The van der Waals surface area contributed by atoms with Gasteiger partial charge in [0.25, 0.3) is 5.56 Å². The maximum absolute atomic E-state index is 13.1. The number of para-hydroxylation sites is 1. The Labute approximate surface area is 149 Å². The first-order chi connectivity index (χ1) is 12.7. The lowest BCUT2D eigenvalue weighted by Gasteiger charge is -2.17. The molecular formula is C18H18N6O2. The van der Waals surface area contributed by atoms with E-state index in [2.05, 4.69) is 20.2 Å². The number of H-pyrrole nitrogens is 1. The normalized spacial score (nSPS) is 11.3. The second-order valence-electron chi connectivity index (χ2n) is 5.95. The maximum atomic E-state index is 13.1. The summed E-state index contributed by atoms with van der Waals surface area (Å²) in [6, 6.07) is 9.44. The molecule has 4 aromatic rings. The van der Waals surface area contributed by atoms with Gasteiger partial charge in [0.15, 0.2) is 5.65 Å². The van der Waals surface area contributed by atoms with Crippen LogP contribution in [0.15, 0.2) is 47.5 Å². The second kappa shape index (κ2) is 6.57. The quantitative estimate of drug-likeness (QED) is 0.590. The van der Waals surface area contributed by atoms with Crippen molar-refractivity contribution in [1.82, 2.24) is 24.7 Å². The van der Waals surface area contributed by atoms with Crippen LogP contribution in [-0.2, 0) is 4.74 Å². The van der Waals surface area contributed by atoms with Crippen molar-refractivity contribution in [3.05, 3.63) is 53.1 Å². The zero-order valence-corrected chi connectivity index (χ0v) is 14.5. The molecule has 26 heavy (non-hydrogen) atoms. The molecule has 3 heterocycles. The minimum atomic E-state index is -0.170. The molecule has 8 nitrogen and oxygen atoms in total. The fourth-order valence-corrected chi connectivity index (χ4v) is 2.90. The number of nitrogens with zero attached hydrogens (tertiary/aromatic N) is 5. The van der Waals surface area contributed by atoms with E-state index in [1.54, 1.807) is 24.1 Å². The van der Waals surface area contributed by atoms with Gasteiger partial charge in [-0.15, -0.1) is 0 Å². The van der Waals surface area contributed by atoms with Gasteiger partial charge in [-0.2, -0.15) is 10.1 Å². The topological polar surface area (TPSA) is 88.9 Å². The Morgan fingerprint density at radius 1 is 1.23 bits per heavy atom. The van der Waals surface area contributed by atoms with Gasteiger partial charge in [-0.1, -0.05) is 18.2 Å². The number of fused-ring (bicyclic) bond motifs is 3. The number of rotatable bonds is 5. The summed E-state index contributed by atoms with van der Waals surface area (Å²) in [5, 5.41) is 8.20. The van der Waals surface area contributed by atoms with Crippen LogP contribution in [0.4, 0.5) is 5.95 Å². The minimum absolute atomic E-state index is 0.170. The van der Waals surface area contributed by atoms with Crippen molar-refractivity contribution < 1.29 is 4.74 Å². The number of anilines is 1. The summed E-state index contributed by atoms with van der Waals surface area (Å²) >= 11 is 0. The van der Waals surface area contributed by atoms with Crippen LogP contribution in [0.25, 0.3) is 27.6 Å². The monoisotopic (exact) mass is 350 g/mol. The number of aromatic amines is 1. The number of hydrogen-bond acceptors (Lipinski definition) is 6. The van der Waals surface area contributed by atoms with Crippen LogP contribution in [-0.4, -0.2) is 52.0 Å². The zero-order chi connectivity index (χ0) is 18.1. The summed E-state index contributed by atoms with van der Waals surface area (Å²) in [6.45, 7) is 1.20. The molecule has 3 aromatic heterocycles. The first-order valence-corrected chi connectivity index (χ1v) is 8.21. The van der Waals surface area contributed by atoms with Gasteiger partial charge in [-0.05, 0) is 12.1 Å². The standard InChI is InChI=1S/C18H18N6O2/c1-23(8-9-26-2)18-19-10-13-15-14(11-20-22-15)17(25)24(16(13)21-18)12-6-4-3-5-7-12/h3-7,10-11H,8-9H2,1-2H3,(H,20,22). The summed E-state index contributed by atoms with van der Waals surface area (Å²) in [6.07, 6.45) is 3.32. The van der Waals surface area contributed by atoms with E-state index >= 15 is 0 Å². The lowest BCUT2D eigenvalue weighted by atomic mass is 10.2. The number of nitrogens with one attached hydrogen (secondary N) is 1. The first-order valence-electron chi connectivity index (χ1n) is 8.21. The summed E-state index contributed by atoms with van der Waals surface area (Å²) < 4.78 is 6.71. The van der Waals surface area contributed by atoms with E-state index in [1.807, 2.05) is 42.3 Å². The molecular weight excluding hydrogens is 332 g/mol. The van der Waals surface area contributed by atoms with E-state index in [0.29, 0.717) is 41.0 Å². The molecule has 0 atom stereocenters. The fourth-order valence-electron chi connectivity index (χ4n) is 2.90. The molecule has 1 N–H and O–H groups in total. The molecule has 0 unspecified atom stereocenters. The lowest BCUT2D eigenvalue weighted by molar-refractivity contribution is 0.206. The zero-order valence-electron chi connectivity index (χ0n) is 14.5. The predicted octanol–water partition coefficient (Wildman–Crippen LogP) is 1.74. The van der Waals surface area contributed by atoms with E-state index in [1.165, 1.54) is 0 Å². The van der Waals surface area contributed by atoms with Crippen molar-refractivity contribution in [2.45, 2.75) is 0 Å². The smallest absolute Gasteiger partial charge is 0.267 e. The van der Waals surface area contributed by atoms with Crippen molar-refractivity contribution in [2.75, 3.05) is 32.2 Å². The van der Waals surface area contributed by atoms with Crippen molar-refractivity contribution in [2.24, 2.45) is 0 Å². The average Bonchev–Trinajstić information content (AvgIpc) is 3.17. The Bertz CT molecular complexity index is 1120. The summed E-state index contributed by atoms with van der Waals surface area (Å²) in [5.41, 5.74) is 1.67. The highest BCUT2D eigenvalue weighted by Crippen LogP contribution is 2.23. The third-order valence-electron chi connectivity index (χ3n) is 4.28. The molecule has 0 fully saturated rings. The molecule has 0 radical (unpaired) electrons. The summed E-state index contributed by atoms with van der Waals surface area (Å²) in [4.78, 5) is 24.1. The van der Waals surface area contributed by atoms with E-state index in [9.17, 15) is 4.79 Å². The lowest BCUT2D eigenvalue weighted by Crippen LogP contribution is -2.25. The molecule has 0 aliphatic rings. The molecule has 0 spiro atoms. The average molecular weight is 350 g/mol. The Balaban J connectivity index is 2.02. The highest BCUT2D eigenvalue weighted by atomic mass is 16.5. The SMILES string of the molecule is COCCN(C)c1ncc2c3n[nH]cc3c(=O)n(-c3ccccc3)c2n1. The Hall–Kier alpha value is -3.26. The van der Waals surface area contributed by atoms with Crippen molar-refractivity contribution in [1.29, 1.82) is 0 Å². The van der Waals surface area contributed by atoms with E-state index in [4.69, 9.17) is 4.74 Å². The number of methoxy groups -OCH3 is 1. The van der Waals surface area contributed by atoms with Gasteiger partial charge in [0, 0.05) is 33.1 Å². The third-order valence-corrected chi connectivity index (χ3v) is 4.28. The molecule has 8 heteroatoms. The summed E-state index contributed by atoms with van der Waals surface area (Å²) in [5.74, 6) is 0.522. The van der Waals surface area contributed by atoms with Crippen LogP contribution in [0.2, 0.25) is 0 Å². The molecule has 0 aliphatic carbocycles. The number of pyridine rings is 1. The molecule has 0 amide bonds. The highest BCUT2D eigenvalue weighted by Gasteiger charge is 2.17. The van der Waals surface area contributed by atoms with Crippen molar-refractivity contribution in [3.8, 4) is 5.69 Å². The Morgan fingerprint density at radius 2 is 2.04 bits per heavy atom. The predicted molar refractivity (Wildman–Crippen MR) is 99.9 cm³/mol. The van der Waals surface area contributed by atoms with Crippen molar-refractivity contribution >= 4 is 27.9 Å². The molecule has 1 aromatic carbocycles. The molecule has 0 saturated carbocycles. The minimum Gasteiger partial charge on any atom is -0.383 e. The highest BCUT2D eigenvalue weighted by molar-refractivity contribution is 6.02. The number of likely N-dealkylation sites (N-methyl/N-ethyl adjacent to an activating group) is 1. The maximum Gasteiger partial charge on any atom is 0.267 e. The largest absolute Gasteiger partial charge is 0.383 e. The Morgan fingerprint density at radius 3 is 2.81 bits per heavy atom. The number of hydrogen-bond donors (Lipinski definition) is 1. The van der Waals surface area contributed by atoms with Gasteiger partial charge >= 0.3 is 0 Å². The van der Waals surface area contributed by atoms with Crippen LogP contribution in [0.3, 0.4) is 0 Å². The van der Waals surface area contributed by atoms with Crippen LogP contribution < -0.4 is 10.5 Å².